The summed E-state index contributed by atoms with van der Waals surface area (Å²) in [6.07, 6.45) is 10.0. The summed E-state index contributed by atoms with van der Waals surface area (Å²) in [5.74, 6) is -13.7. The number of hydrogen-bond acceptors (Lipinski definition) is 2. The average molecular weight is 480 g/mol. The topological polar surface area (TPSA) is 58.2 Å². The maximum Gasteiger partial charge on any atom is 2.00 e. The van der Waals surface area contributed by atoms with Gasteiger partial charge in [-0.2, -0.15) is 23.8 Å². The summed E-state index contributed by atoms with van der Waals surface area (Å²) < 4.78 is 66.3. The predicted octanol–water partition coefficient (Wildman–Crippen LogP) is 3.70. The number of halogens is 5. The Labute approximate surface area is 186 Å². The number of rotatable bonds is 5. The van der Waals surface area contributed by atoms with Gasteiger partial charge in [-0.1, -0.05) is 0 Å². The van der Waals surface area contributed by atoms with Crippen LogP contribution in [-0.4, -0.2) is 17.9 Å². The summed E-state index contributed by atoms with van der Waals surface area (Å²) in [6, 6.07) is 5.69. The van der Waals surface area contributed by atoms with Crippen molar-refractivity contribution < 1.29 is 48.6 Å². The molecule has 3 rings (SSSR count). The van der Waals surface area contributed by atoms with Crippen molar-refractivity contribution >= 4 is 11.8 Å². The van der Waals surface area contributed by atoms with Gasteiger partial charge in [-0.25, -0.2) is 46.6 Å². The summed E-state index contributed by atoms with van der Waals surface area (Å²) in [5.41, 5.74) is -0.862. The van der Waals surface area contributed by atoms with Gasteiger partial charge < -0.3 is 10.6 Å². The second kappa shape index (κ2) is 12.2. The Kier molecular flexibility index (Phi) is 10.4. The first-order valence-corrected chi connectivity index (χ1v) is 8.71. The number of amides is 2. The molecule has 2 aromatic rings. The molecule has 0 fully saturated rings. The Hall–Kier alpha value is -2.71. The molecule has 2 N–H and O–H groups in total. The van der Waals surface area contributed by atoms with Gasteiger partial charge in [0.15, 0.2) is 23.3 Å². The smallest absolute Gasteiger partial charge is 0.362 e. The molecule has 0 spiro atoms. The molecule has 1 aliphatic rings. The number of carbonyl (C=O) groups excluding carboxylic acids is 2. The van der Waals surface area contributed by atoms with Gasteiger partial charge in [0.25, 0.3) is 5.91 Å². The van der Waals surface area contributed by atoms with Gasteiger partial charge in [-0.05, 0) is 13.5 Å². The Bertz CT molecular complexity index is 897. The van der Waals surface area contributed by atoms with Crippen LogP contribution >= 0.6 is 0 Å². The predicted molar refractivity (Wildman–Crippen MR) is 99.1 cm³/mol. The minimum absolute atomic E-state index is 0. The van der Waals surface area contributed by atoms with Crippen LogP contribution in [0.15, 0.2) is 36.4 Å². The zero-order valence-corrected chi connectivity index (χ0v) is 17.1. The van der Waals surface area contributed by atoms with Gasteiger partial charge in [0.05, 0.1) is 0 Å². The van der Waals surface area contributed by atoms with Crippen LogP contribution in [-0.2, 0) is 28.4 Å². The van der Waals surface area contributed by atoms with Gasteiger partial charge in [-0.15, -0.1) is 12.8 Å². The van der Waals surface area contributed by atoms with E-state index in [1.54, 1.807) is 24.3 Å². The van der Waals surface area contributed by atoms with Crippen molar-refractivity contribution in [3.05, 3.63) is 95.9 Å². The molecule has 31 heavy (non-hydrogen) atoms. The molecule has 2 amide bonds. The van der Waals surface area contributed by atoms with Crippen molar-refractivity contribution in [1.82, 2.24) is 10.6 Å². The fourth-order valence-electron chi connectivity index (χ4n) is 2.33. The van der Waals surface area contributed by atoms with Crippen LogP contribution in [0.5, 0.6) is 0 Å². The summed E-state index contributed by atoms with van der Waals surface area (Å²) in [6.45, 7) is 1.35. The van der Waals surface area contributed by atoms with E-state index in [2.05, 4.69) is 5.32 Å². The first-order valence-electron chi connectivity index (χ1n) is 8.71. The first-order chi connectivity index (χ1) is 14.2. The van der Waals surface area contributed by atoms with Gasteiger partial charge in [0.1, 0.15) is 11.6 Å². The van der Waals surface area contributed by atoms with Crippen LogP contribution in [0, 0.1) is 48.3 Å². The molecule has 2 radical (unpaired) electrons. The zero-order valence-electron chi connectivity index (χ0n) is 16.0. The van der Waals surface area contributed by atoms with E-state index in [1.165, 1.54) is 6.92 Å². The van der Waals surface area contributed by atoms with Crippen molar-refractivity contribution in [2.45, 2.75) is 19.5 Å². The average Bonchev–Trinajstić information content (AvgIpc) is 3.45. The van der Waals surface area contributed by atoms with Crippen LogP contribution in [0.2, 0.25) is 0 Å². The Morgan fingerprint density at radius 3 is 2.10 bits per heavy atom. The molecule has 0 bridgehead atoms. The Balaban J connectivity index is 0.000000701. The normalized spacial score (nSPS) is 12.7. The minimum atomic E-state index is -2.37. The van der Waals surface area contributed by atoms with Crippen molar-refractivity contribution in [3.8, 4) is 0 Å². The van der Waals surface area contributed by atoms with Crippen LogP contribution < -0.4 is 10.6 Å². The molecule has 0 heterocycles. The van der Waals surface area contributed by atoms with Crippen molar-refractivity contribution in [3.63, 3.8) is 0 Å². The second-order valence-corrected chi connectivity index (χ2v) is 6.11. The number of allylic oxidation sites excluding steroid dienone is 2. The van der Waals surface area contributed by atoms with Crippen LogP contribution in [0.1, 0.15) is 22.8 Å². The summed E-state index contributed by atoms with van der Waals surface area (Å²) in [4.78, 5) is 23.7. The van der Waals surface area contributed by atoms with Gasteiger partial charge in [0.2, 0.25) is 11.7 Å². The van der Waals surface area contributed by atoms with Crippen LogP contribution in [0.3, 0.4) is 0 Å². The molecule has 10 heteroatoms. The summed E-state index contributed by atoms with van der Waals surface area (Å²) in [7, 11) is 0. The fourth-order valence-corrected chi connectivity index (χ4v) is 2.33. The molecule has 166 valence electrons. The molecular weight excluding hydrogens is 463 g/mol. The third-order valence-corrected chi connectivity index (χ3v) is 3.93. The van der Waals surface area contributed by atoms with Gasteiger partial charge >= 0.3 is 17.1 Å². The SMILES string of the molecule is CC(NC(=O)c1c(F)c(F)c(F)c(F)c1F)C(=O)NCc1cc[cH-]c1.[CH]1[CH][CH-]C=C1.[Fe+2]. The van der Waals surface area contributed by atoms with E-state index in [1.807, 2.05) is 36.7 Å². The molecule has 0 saturated carbocycles. The molecule has 1 aliphatic carbocycles. The van der Waals surface area contributed by atoms with Crippen molar-refractivity contribution in [2.75, 3.05) is 0 Å². The van der Waals surface area contributed by atoms with Crippen molar-refractivity contribution in [1.29, 1.82) is 0 Å². The molecule has 1 atom stereocenters. The molecule has 4 nitrogen and oxygen atoms in total. The number of nitrogens with one attached hydrogen (secondary N) is 2. The number of hydrogen-bond donors (Lipinski definition) is 2. The molecule has 0 saturated heterocycles. The third-order valence-electron chi connectivity index (χ3n) is 3.93. The Morgan fingerprint density at radius 2 is 1.65 bits per heavy atom. The van der Waals surface area contributed by atoms with E-state index in [9.17, 15) is 31.5 Å². The van der Waals surface area contributed by atoms with E-state index in [-0.39, 0.29) is 23.6 Å². The van der Waals surface area contributed by atoms with E-state index in [4.69, 9.17) is 0 Å². The minimum Gasteiger partial charge on any atom is -0.362 e. The fraction of sp³-hybridized carbons (Fsp3) is 0.143. The molecular formula is C21H17F5FeN2O2. The van der Waals surface area contributed by atoms with Crippen molar-refractivity contribution in [2.24, 2.45) is 0 Å². The van der Waals surface area contributed by atoms with E-state index < -0.39 is 52.5 Å². The van der Waals surface area contributed by atoms with Crippen LogP contribution in [0.4, 0.5) is 22.0 Å². The summed E-state index contributed by atoms with van der Waals surface area (Å²) >= 11 is 0. The first kappa shape index (κ1) is 26.3. The largest absolute Gasteiger partial charge is 2.00 e. The molecule has 1 unspecified atom stereocenters. The van der Waals surface area contributed by atoms with E-state index >= 15 is 0 Å². The van der Waals surface area contributed by atoms with Crippen LogP contribution in [0.25, 0.3) is 0 Å². The maximum atomic E-state index is 13.6. The van der Waals surface area contributed by atoms with Gasteiger partial charge in [-0.3, -0.25) is 9.59 Å². The quantitative estimate of drug-likeness (QED) is 0.226. The third kappa shape index (κ3) is 6.90. The number of benzene rings is 1. The maximum absolute atomic E-state index is 13.6. The standard InChI is InChI=1S/C16H12F5N2O2.C5H5.Fe/c1-7(15(24)22-6-8-4-2-3-5-8)23-16(25)9-10(17)12(19)14(21)13(20)11(9)18;1-2-4-5-3-1;/h2-5,7H,6H2,1H3,(H,22,24)(H,23,25);1-5H;/q2*-1;+2. The summed E-state index contributed by atoms with van der Waals surface area (Å²) in [5, 5.41) is 4.35. The second-order valence-electron chi connectivity index (χ2n) is 6.11. The number of carbonyl (C=O) groups is 2. The Morgan fingerprint density at radius 1 is 1.03 bits per heavy atom. The monoisotopic (exact) mass is 480 g/mol. The zero-order chi connectivity index (χ0) is 22.3. The van der Waals surface area contributed by atoms with E-state index in [0.29, 0.717) is 0 Å². The van der Waals surface area contributed by atoms with Gasteiger partial charge in [0, 0.05) is 0 Å². The van der Waals surface area contributed by atoms with E-state index in [0.717, 1.165) is 5.56 Å². The molecule has 0 aliphatic heterocycles. The molecule has 0 aromatic heterocycles. The molecule has 2 aromatic carbocycles.